The molecule has 5 heteroatoms. The third kappa shape index (κ3) is 5.87. The van der Waals surface area contributed by atoms with Gasteiger partial charge in [0.05, 0.1) is 6.61 Å². The summed E-state index contributed by atoms with van der Waals surface area (Å²) in [6, 6.07) is 13.0. The highest BCUT2D eigenvalue weighted by Crippen LogP contribution is 2.15. The number of carbonyl (C=O) groups excluding carboxylic acids is 1. The second-order valence-electron chi connectivity index (χ2n) is 6.44. The van der Waals surface area contributed by atoms with Crippen molar-refractivity contribution in [2.45, 2.75) is 27.7 Å². The molecule has 0 radical (unpaired) electrons. The van der Waals surface area contributed by atoms with Gasteiger partial charge in [0.2, 0.25) is 0 Å². The number of aryl methyl sites for hydroxylation is 2. The first kappa shape index (κ1) is 18.9. The molecule has 2 aromatic rings. The number of benzene rings is 2. The Morgan fingerprint density at radius 2 is 1.76 bits per heavy atom. The van der Waals surface area contributed by atoms with Gasteiger partial charge in [-0.25, -0.2) is 0 Å². The minimum Gasteiger partial charge on any atom is -0.493 e. The van der Waals surface area contributed by atoms with Gasteiger partial charge in [-0.1, -0.05) is 19.9 Å². The molecule has 0 bridgehead atoms. The van der Waals surface area contributed by atoms with E-state index in [2.05, 4.69) is 24.5 Å². The first-order chi connectivity index (χ1) is 11.8. The van der Waals surface area contributed by atoms with Gasteiger partial charge in [0, 0.05) is 11.3 Å². The number of ether oxygens (including phenoxy) is 1. The maximum Gasteiger partial charge on any atom is 0.257 e. The lowest BCUT2D eigenvalue weighted by Crippen LogP contribution is -2.34. The predicted molar refractivity (Wildman–Crippen MR) is 106 cm³/mol. The summed E-state index contributed by atoms with van der Waals surface area (Å²) in [5.74, 6) is 0.953. The molecule has 2 N–H and O–H groups in total. The van der Waals surface area contributed by atoms with E-state index in [1.54, 1.807) is 24.3 Å². The lowest BCUT2D eigenvalue weighted by atomic mass is 10.1. The smallest absolute Gasteiger partial charge is 0.257 e. The predicted octanol–water partition coefficient (Wildman–Crippen LogP) is 4.47. The van der Waals surface area contributed by atoms with Crippen LogP contribution >= 0.6 is 12.2 Å². The molecule has 2 aromatic carbocycles. The van der Waals surface area contributed by atoms with Crippen LogP contribution in [0.2, 0.25) is 0 Å². The molecule has 2 rings (SSSR count). The maximum atomic E-state index is 12.3. The average Bonchev–Trinajstić information content (AvgIpc) is 2.56. The van der Waals surface area contributed by atoms with Crippen molar-refractivity contribution < 1.29 is 9.53 Å². The molecule has 4 nitrogen and oxygen atoms in total. The number of hydrogen-bond acceptors (Lipinski definition) is 3. The van der Waals surface area contributed by atoms with Crippen molar-refractivity contribution in [2.24, 2.45) is 5.92 Å². The SMILES string of the molecule is Cc1ccc(NC(=S)NC(=O)c2ccc(OCC(C)C)cc2)cc1C. The summed E-state index contributed by atoms with van der Waals surface area (Å²) in [6.45, 7) is 8.91. The van der Waals surface area contributed by atoms with Gasteiger partial charge in [-0.05, 0) is 79.5 Å². The van der Waals surface area contributed by atoms with Gasteiger partial charge < -0.3 is 10.1 Å². The topological polar surface area (TPSA) is 50.4 Å². The molecule has 0 fully saturated rings. The summed E-state index contributed by atoms with van der Waals surface area (Å²) >= 11 is 5.22. The lowest BCUT2D eigenvalue weighted by Gasteiger charge is -2.12. The van der Waals surface area contributed by atoms with Crippen LogP contribution in [-0.4, -0.2) is 17.6 Å². The molecule has 1 amide bonds. The summed E-state index contributed by atoms with van der Waals surface area (Å²) in [5, 5.41) is 5.99. The van der Waals surface area contributed by atoms with Crippen molar-refractivity contribution in [1.29, 1.82) is 0 Å². The second-order valence-corrected chi connectivity index (χ2v) is 6.84. The minimum atomic E-state index is -0.253. The van der Waals surface area contributed by atoms with Gasteiger partial charge in [-0.15, -0.1) is 0 Å². The van der Waals surface area contributed by atoms with Gasteiger partial charge in [0.25, 0.3) is 5.91 Å². The fraction of sp³-hybridized carbons (Fsp3) is 0.300. The highest BCUT2D eigenvalue weighted by molar-refractivity contribution is 7.80. The Morgan fingerprint density at radius 3 is 2.36 bits per heavy atom. The van der Waals surface area contributed by atoms with Crippen LogP contribution in [0, 0.1) is 19.8 Å². The Kier molecular flexibility index (Phi) is 6.53. The van der Waals surface area contributed by atoms with E-state index in [-0.39, 0.29) is 11.0 Å². The zero-order valence-electron chi connectivity index (χ0n) is 15.1. The Hall–Kier alpha value is -2.40. The van der Waals surface area contributed by atoms with Crippen LogP contribution in [-0.2, 0) is 0 Å². The molecule has 132 valence electrons. The maximum absolute atomic E-state index is 12.3. The van der Waals surface area contributed by atoms with Crippen LogP contribution in [0.4, 0.5) is 5.69 Å². The van der Waals surface area contributed by atoms with Gasteiger partial charge in [-0.3, -0.25) is 10.1 Å². The van der Waals surface area contributed by atoms with Crippen LogP contribution < -0.4 is 15.4 Å². The molecule has 0 aliphatic heterocycles. The summed E-state index contributed by atoms with van der Waals surface area (Å²) < 4.78 is 5.61. The zero-order valence-corrected chi connectivity index (χ0v) is 15.9. The molecule has 0 saturated carbocycles. The molecule has 0 aliphatic rings. The standard InChI is InChI=1S/C20H24N2O2S/c1-13(2)12-24-18-9-6-16(7-10-18)19(23)22-20(25)21-17-8-5-14(3)15(4)11-17/h5-11,13H,12H2,1-4H3,(H2,21,22,23,25). The Labute approximate surface area is 154 Å². The molecule has 0 spiro atoms. The summed E-state index contributed by atoms with van der Waals surface area (Å²) in [7, 11) is 0. The van der Waals surface area contributed by atoms with E-state index >= 15 is 0 Å². The number of rotatable bonds is 5. The minimum absolute atomic E-state index is 0.253. The zero-order chi connectivity index (χ0) is 18.4. The van der Waals surface area contributed by atoms with Crippen molar-refractivity contribution in [3.63, 3.8) is 0 Å². The van der Waals surface area contributed by atoms with E-state index in [1.807, 2.05) is 32.0 Å². The number of nitrogens with one attached hydrogen (secondary N) is 2. The van der Waals surface area contributed by atoms with E-state index in [0.29, 0.717) is 18.1 Å². The first-order valence-electron chi connectivity index (χ1n) is 8.27. The molecular weight excluding hydrogens is 332 g/mol. The quantitative estimate of drug-likeness (QED) is 0.777. The first-order valence-corrected chi connectivity index (χ1v) is 8.68. The van der Waals surface area contributed by atoms with Crippen molar-refractivity contribution in [3.05, 3.63) is 59.2 Å². The fourth-order valence-electron chi connectivity index (χ4n) is 2.12. The summed E-state index contributed by atoms with van der Waals surface area (Å²) in [6.07, 6.45) is 0. The van der Waals surface area contributed by atoms with Crippen LogP contribution in [0.15, 0.2) is 42.5 Å². The molecule has 0 aliphatic carbocycles. The molecule has 0 heterocycles. The molecule has 0 atom stereocenters. The highest BCUT2D eigenvalue weighted by Gasteiger charge is 2.09. The van der Waals surface area contributed by atoms with Crippen LogP contribution in [0.5, 0.6) is 5.75 Å². The monoisotopic (exact) mass is 356 g/mol. The number of amides is 1. The number of thiocarbonyl (C=S) groups is 1. The number of hydrogen-bond donors (Lipinski definition) is 2. The van der Waals surface area contributed by atoms with E-state index in [1.165, 1.54) is 5.56 Å². The van der Waals surface area contributed by atoms with E-state index in [4.69, 9.17) is 17.0 Å². The summed E-state index contributed by atoms with van der Waals surface area (Å²) in [4.78, 5) is 12.3. The molecule has 0 saturated heterocycles. The molecule has 0 unspecified atom stereocenters. The van der Waals surface area contributed by atoms with Crippen LogP contribution in [0.1, 0.15) is 35.3 Å². The van der Waals surface area contributed by atoms with Gasteiger partial charge >= 0.3 is 0 Å². The van der Waals surface area contributed by atoms with E-state index in [9.17, 15) is 4.79 Å². The van der Waals surface area contributed by atoms with Crippen molar-refractivity contribution in [3.8, 4) is 5.75 Å². The van der Waals surface area contributed by atoms with Crippen LogP contribution in [0.25, 0.3) is 0 Å². The van der Waals surface area contributed by atoms with Gasteiger partial charge in [0.1, 0.15) is 5.75 Å². The van der Waals surface area contributed by atoms with Crippen molar-refractivity contribution >= 4 is 28.9 Å². The molecular formula is C20H24N2O2S. The molecule has 25 heavy (non-hydrogen) atoms. The number of anilines is 1. The lowest BCUT2D eigenvalue weighted by molar-refractivity contribution is 0.0977. The largest absolute Gasteiger partial charge is 0.493 e. The molecule has 0 aromatic heterocycles. The highest BCUT2D eigenvalue weighted by atomic mass is 32.1. The van der Waals surface area contributed by atoms with Gasteiger partial charge in [-0.2, -0.15) is 0 Å². The van der Waals surface area contributed by atoms with Crippen molar-refractivity contribution in [2.75, 3.05) is 11.9 Å². The van der Waals surface area contributed by atoms with Crippen molar-refractivity contribution in [1.82, 2.24) is 5.32 Å². The summed E-state index contributed by atoms with van der Waals surface area (Å²) in [5.41, 5.74) is 3.75. The third-order valence-electron chi connectivity index (χ3n) is 3.69. The Bertz CT molecular complexity index is 755. The third-order valence-corrected chi connectivity index (χ3v) is 3.90. The van der Waals surface area contributed by atoms with E-state index in [0.717, 1.165) is 17.0 Å². The fourth-order valence-corrected chi connectivity index (χ4v) is 2.33. The normalized spacial score (nSPS) is 10.4. The number of carbonyl (C=O) groups is 1. The van der Waals surface area contributed by atoms with Crippen LogP contribution in [0.3, 0.4) is 0 Å². The van der Waals surface area contributed by atoms with Gasteiger partial charge in [0.15, 0.2) is 5.11 Å². The Morgan fingerprint density at radius 1 is 1.08 bits per heavy atom. The van der Waals surface area contributed by atoms with E-state index < -0.39 is 0 Å². The average molecular weight is 356 g/mol. The second kappa shape index (κ2) is 8.62. The Balaban J connectivity index is 1.92.